The molecule has 0 unspecified atom stereocenters. The van der Waals surface area contributed by atoms with Crippen LogP contribution < -0.4 is 5.32 Å². The number of ether oxygens (including phenoxy) is 1. The maximum Gasteiger partial charge on any atom is 0.129 e. The molecule has 2 aromatic heterocycles. The fourth-order valence-corrected chi connectivity index (χ4v) is 3.21. The fraction of sp³-hybridized carbons (Fsp3) is 0.500. The van der Waals surface area contributed by atoms with Crippen molar-refractivity contribution in [2.45, 2.75) is 24.8 Å². The van der Waals surface area contributed by atoms with Gasteiger partial charge >= 0.3 is 0 Å². The van der Waals surface area contributed by atoms with Crippen molar-refractivity contribution in [2.24, 2.45) is 0 Å². The van der Waals surface area contributed by atoms with Gasteiger partial charge in [-0.3, -0.25) is 9.88 Å². The number of pyridine rings is 1. The first-order chi connectivity index (χ1) is 11.9. The number of aromatic nitrogens is 3. The van der Waals surface area contributed by atoms with Crippen LogP contribution in [0.3, 0.4) is 0 Å². The van der Waals surface area contributed by atoms with E-state index in [1.54, 1.807) is 6.33 Å². The van der Waals surface area contributed by atoms with Crippen molar-refractivity contribution in [2.75, 3.05) is 38.2 Å². The highest BCUT2D eigenvalue weighted by molar-refractivity contribution is 5.37. The molecule has 1 aliphatic carbocycles. The summed E-state index contributed by atoms with van der Waals surface area (Å²) in [7, 11) is 0. The van der Waals surface area contributed by atoms with Gasteiger partial charge in [0.1, 0.15) is 12.1 Å². The Morgan fingerprint density at radius 3 is 2.71 bits per heavy atom. The minimum atomic E-state index is 0.288. The molecule has 126 valence electrons. The van der Waals surface area contributed by atoms with E-state index < -0.39 is 0 Å². The third kappa shape index (κ3) is 3.71. The lowest BCUT2D eigenvalue weighted by Gasteiger charge is -2.35. The molecule has 4 rings (SSSR count). The second-order valence-corrected chi connectivity index (χ2v) is 6.43. The first-order valence-electron chi connectivity index (χ1n) is 8.68. The molecule has 3 heterocycles. The van der Waals surface area contributed by atoms with E-state index in [2.05, 4.69) is 43.4 Å². The van der Waals surface area contributed by atoms with E-state index in [0.29, 0.717) is 5.92 Å². The Balaban J connectivity index is 1.48. The Morgan fingerprint density at radius 1 is 1.17 bits per heavy atom. The third-order valence-electron chi connectivity index (χ3n) is 4.74. The molecular formula is C18H23N5O. The molecule has 2 fully saturated rings. The molecule has 1 atom stereocenters. The standard InChI is InChI=1S/C18H23N5O/c1-2-14(1)16-11-18(22-13-21-16)20-12-17(15-3-5-19-6-4-15)23-7-9-24-10-8-23/h3-6,11,13-14,17H,1-2,7-10,12H2,(H,20,21,22)/t17-/m1/s1. The van der Waals surface area contributed by atoms with Gasteiger partial charge in [0.2, 0.25) is 0 Å². The van der Waals surface area contributed by atoms with Gasteiger partial charge in [0, 0.05) is 49.7 Å². The van der Waals surface area contributed by atoms with E-state index >= 15 is 0 Å². The van der Waals surface area contributed by atoms with Crippen molar-refractivity contribution in [1.29, 1.82) is 0 Å². The highest BCUT2D eigenvalue weighted by Crippen LogP contribution is 2.39. The normalized spacial score (nSPS) is 19.8. The molecule has 1 saturated carbocycles. The van der Waals surface area contributed by atoms with Crippen LogP contribution in [0, 0.1) is 0 Å². The van der Waals surface area contributed by atoms with Gasteiger partial charge in [-0.05, 0) is 30.5 Å². The number of hydrogen-bond acceptors (Lipinski definition) is 6. The Hall–Kier alpha value is -2.05. The van der Waals surface area contributed by atoms with Crippen LogP contribution in [-0.2, 0) is 4.74 Å². The summed E-state index contributed by atoms with van der Waals surface area (Å²) < 4.78 is 5.50. The molecule has 1 aliphatic heterocycles. The van der Waals surface area contributed by atoms with Crippen molar-refractivity contribution in [3.05, 3.63) is 48.2 Å². The molecule has 0 aromatic carbocycles. The molecular weight excluding hydrogens is 302 g/mol. The van der Waals surface area contributed by atoms with Crippen molar-refractivity contribution < 1.29 is 4.74 Å². The number of nitrogens with zero attached hydrogens (tertiary/aromatic N) is 4. The SMILES string of the molecule is c1cc([C@@H](CNc2cc(C3CC3)ncn2)N2CCOCC2)ccn1. The van der Waals surface area contributed by atoms with E-state index in [9.17, 15) is 0 Å². The summed E-state index contributed by atoms with van der Waals surface area (Å²) in [5.74, 6) is 1.56. The van der Waals surface area contributed by atoms with Gasteiger partial charge in [-0.15, -0.1) is 0 Å². The number of anilines is 1. The monoisotopic (exact) mass is 325 g/mol. The Bertz CT molecular complexity index is 655. The average Bonchev–Trinajstić information content (AvgIpc) is 3.49. The maximum absolute atomic E-state index is 5.50. The molecule has 24 heavy (non-hydrogen) atoms. The Morgan fingerprint density at radius 2 is 1.96 bits per heavy atom. The number of nitrogens with one attached hydrogen (secondary N) is 1. The van der Waals surface area contributed by atoms with Gasteiger partial charge in [0.25, 0.3) is 0 Å². The number of morpholine rings is 1. The van der Waals surface area contributed by atoms with Crippen LogP contribution in [0.2, 0.25) is 0 Å². The predicted octanol–water partition coefficient (Wildman–Crippen LogP) is 2.23. The average molecular weight is 325 g/mol. The zero-order valence-electron chi connectivity index (χ0n) is 13.8. The van der Waals surface area contributed by atoms with Crippen molar-refractivity contribution in [3.63, 3.8) is 0 Å². The van der Waals surface area contributed by atoms with Crippen molar-refractivity contribution in [3.8, 4) is 0 Å². The third-order valence-corrected chi connectivity index (χ3v) is 4.74. The number of hydrogen-bond donors (Lipinski definition) is 1. The summed E-state index contributed by atoms with van der Waals surface area (Å²) in [4.78, 5) is 15.4. The molecule has 1 saturated heterocycles. The summed E-state index contributed by atoms with van der Waals surface area (Å²) >= 11 is 0. The second kappa shape index (κ2) is 7.23. The molecule has 2 aromatic rings. The summed E-state index contributed by atoms with van der Waals surface area (Å²) in [6.07, 6.45) is 7.90. The lowest BCUT2D eigenvalue weighted by molar-refractivity contribution is 0.0187. The van der Waals surface area contributed by atoms with Gasteiger partial charge in [-0.25, -0.2) is 9.97 Å². The van der Waals surface area contributed by atoms with Crippen molar-refractivity contribution >= 4 is 5.82 Å². The first kappa shape index (κ1) is 15.5. The molecule has 0 bridgehead atoms. The van der Waals surface area contributed by atoms with Crippen LogP contribution in [0.4, 0.5) is 5.82 Å². The Labute approximate surface area is 142 Å². The quantitative estimate of drug-likeness (QED) is 0.879. The summed E-state index contributed by atoms with van der Waals surface area (Å²) in [6, 6.07) is 6.58. The molecule has 0 radical (unpaired) electrons. The van der Waals surface area contributed by atoms with E-state index in [4.69, 9.17) is 4.74 Å². The van der Waals surface area contributed by atoms with Crippen molar-refractivity contribution in [1.82, 2.24) is 19.9 Å². The van der Waals surface area contributed by atoms with Crippen LogP contribution in [-0.4, -0.2) is 52.7 Å². The molecule has 0 spiro atoms. The molecule has 2 aliphatic rings. The summed E-state index contributed by atoms with van der Waals surface area (Å²) in [5, 5.41) is 3.51. The summed E-state index contributed by atoms with van der Waals surface area (Å²) in [5.41, 5.74) is 2.44. The van der Waals surface area contributed by atoms with Crippen LogP contribution >= 0.6 is 0 Å². The second-order valence-electron chi connectivity index (χ2n) is 6.43. The predicted molar refractivity (Wildman–Crippen MR) is 91.9 cm³/mol. The van der Waals surface area contributed by atoms with Crippen LogP contribution in [0.1, 0.15) is 36.1 Å². The van der Waals surface area contributed by atoms with Gasteiger partial charge in [-0.2, -0.15) is 0 Å². The number of rotatable bonds is 6. The Kier molecular flexibility index (Phi) is 4.66. The zero-order valence-corrected chi connectivity index (χ0v) is 13.8. The maximum atomic E-state index is 5.50. The van der Waals surface area contributed by atoms with Crippen LogP contribution in [0.25, 0.3) is 0 Å². The first-order valence-corrected chi connectivity index (χ1v) is 8.68. The fourth-order valence-electron chi connectivity index (χ4n) is 3.21. The zero-order chi connectivity index (χ0) is 16.2. The minimum Gasteiger partial charge on any atom is -0.379 e. The smallest absolute Gasteiger partial charge is 0.129 e. The molecule has 6 nitrogen and oxygen atoms in total. The lowest BCUT2D eigenvalue weighted by atomic mass is 10.1. The van der Waals surface area contributed by atoms with E-state index in [-0.39, 0.29) is 6.04 Å². The van der Waals surface area contributed by atoms with Crippen LogP contribution in [0.15, 0.2) is 36.9 Å². The molecule has 6 heteroatoms. The lowest BCUT2D eigenvalue weighted by Crippen LogP contribution is -2.41. The summed E-state index contributed by atoms with van der Waals surface area (Å²) in [6.45, 7) is 4.30. The topological polar surface area (TPSA) is 63.2 Å². The van der Waals surface area contributed by atoms with E-state index in [1.165, 1.54) is 24.1 Å². The highest BCUT2D eigenvalue weighted by atomic mass is 16.5. The largest absolute Gasteiger partial charge is 0.379 e. The minimum absolute atomic E-state index is 0.288. The highest BCUT2D eigenvalue weighted by Gasteiger charge is 2.26. The van der Waals surface area contributed by atoms with Gasteiger partial charge in [0.05, 0.1) is 19.3 Å². The van der Waals surface area contributed by atoms with Gasteiger partial charge in [0.15, 0.2) is 0 Å². The van der Waals surface area contributed by atoms with Gasteiger partial charge in [-0.1, -0.05) is 0 Å². The molecule has 0 amide bonds. The van der Waals surface area contributed by atoms with Gasteiger partial charge < -0.3 is 10.1 Å². The van der Waals surface area contributed by atoms with Crippen LogP contribution in [0.5, 0.6) is 0 Å². The van der Waals surface area contributed by atoms with E-state index in [0.717, 1.165) is 38.7 Å². The van der Waals surface area contributed by atoms with E-state index in [1.807, 2.05) is 12.4 Å². The molecule has 1 N–H and O–H groups in total.